The van der Waals surface area contributed by atoms with Gasteiger partial charge in [-0.3, -0.25) is 9.56 Å². The van der Waals surface area contributed by atoms with E-state index in [1.54, 1.807) is 25.7 Å². The fraction of sp³-hybridized carbons (Fsp3) is 0.294. The van der Waals surface area contributed by atoms with Crippen LogP contribution < -0.4 is 5.32 Å². The van der Waals surface area contributed by atoms with Gasteiger partial charge in [0.2, 0.25) is 0 Å². The number of aromatic nitrogens is 4. The topological polar surface area (TPSA) is 84.4 Å². The van der Waals surface area contributed by atoms with Crippen molar-refractivity contribution in [3.8, 4) is 5.82 Å². The lowest BCUT2D eigenvalue weighted by molar-refractivity contribution is 0.391. The van der Waals surface area contributed by atoms with Gasteiger partial charge in [0.15, 0.2) is 5.96 Å². The minimum atomic E-state index is 0. The average molecular weight is 467 g/mol. The van der Waals surface area contributed by atoms with Crippen molar-refractivity contribution in [1.82, 2.24) is 29.9 Å². The van der Waals surface area contributed by atoms with Crippen LogP contribution in [0.3, 0.4) is 0 Å². The summed E-state index contributed by atoms with van der Waals surface area (Å²) < 4.78 is 6.84. The van der Waals surface area contributed by atoms with E-state index >= 15 is 0 Å². The number of aryl methyl sites for hydroxylation is 1. The molecule has 3 rings (SSSR count). The summed E-state index contributed by atoms with van der Waals surface area (Å²) >= 11 is 0. The van der Waals surface area contributed by atoms with Gasteiger partial charge in [-0.1, -0.05) is 11.2 Å². The lowest BCUT2D eigenvalue weighted by Gasteiger charge is -2.21. The number of nitrogens with zero attached hydrogens (tertiary/aromatic N) is 6. The van der Waals surface area contributed by atoms with Gasteiger partial charge >= 0.3 is 0 Å². The molecule has 0 bridgehead atoms. The molecular formula is C17H22IN7O. The lowest BCUT2D eigenvalue weighted by atomic mass is 10.2. The van der Waals surface area contributed by atoms with Crippen molar-refractivity contribution >= 4 is 29.9 Å². The average Bonchev–Trinajstić information content (AvgIpc) is 3.27. The molecule has 0 amide bonds. The van der Waals surface area contributed by atoms with E-state index < -0.39 is 0 Å². The van der Waals surface area contributed by atoms with Crippen molar-refractivity contribution in [1.29, 1.82) is 0 Å². The van der Waals surface area contributed by atoms with Crippen LogP contribution in [0, 0.1) is 6.92 Å². The molecule has 3 aromatic rings. The van der Waals surface area contributed by atoms with Crippen LogP contribution in [0.15, 0.2) is 52.6 Å². The Bertz CT molecular complexity index is 844. The zero-order chi connectivity index (χ0) is 17.6. The van der Waals surface area contributed by atoms with Gasteiger partial charge in [0.05, 0.1) is 6.54 Å². The molecule has 1 N–H and O–H groups in total. The lowest BCUT2D eigenvalue weighted by Crippen LogP contribution is -2.38. The van der Waals surface area contributed by atoms with E-state index in [0.717, 1.165) is 28.9 Å². The second-order valence-corrected chi connectivity index (χ2v) is 5.58. The Morgan fingerprint density at radius 3 is 2.81 bits per heavy atom. The number of hydrogen-bond donors (Lipinski definition) is 1. The number of pyridine rings is 1. The Labute approximate surface area is 169 Å². The Morgan fingerprint density at radius 2 is 2.15 bits per heavy atom. The first-order valence-electron chi connectivity index (χ1n) is 7.94. The summed E-state index contributed by atoms with van der Waals surface area (Å²) in [6, 6.07) is 5.80. The second kappa shape index (κ2) is 9.32. The van der Waals surface area contributed by atoms with Crippen molar-refractivity contribution in [3.05, 3.63) is 60.1 Å². The molecule has 0 aliphatic heterocycles. The molecule has 138 valence electrons. The van der Waals surface area contributed by atoms with E-state index in [2.05, 4.69) is 25.4 Å². The van der Waals surface area contributed by atoms with Gasteiger partial charge in [-0.15, -0.1) is 24.0 Å². The fourth-order valence-electron chi connectivity index (χ4n) is 2.58. The molecule has 9 heteroatoms. The van der Waals surface area contributed by atoms with Crippen molar-refractivity contribution in [2.45, 2.75) is 20.0 Å². The minimum Gasteiger partial charge on any atom is -0.364 e. The predicted octanol–water partition coefficient (Wildman–Crippen LogP) is 2.39. The highest BCUT2D eigenvalue weighted by molar-refractivity contribution is 14.0. The highest BCUT2D eigenvalue weighted by Gasteiger charge is 2.11. The highest BCUT2D eigenvalue weighted by Crippen LogP contribution is 2.13. The summed E-state index contributed by atoms with van der Waals surface area (Å²) in [4.78, 5) is 15.1. The van der Waals surface area contributed by atoms with E-state index in [0.29, 0.717) is 13.1 Å². The molecule has 3 heterocycles. The maximum absolute atomic E-state index is 4.87. The summed E-state index contributed by atoms with van der Waals surface area (Å²) in [7, 11) is 3.71. The summed E-state index contributed by atoms with van der Waals surface area (Å²) in [5.74, 6) is 2.52. The molecule has 0 fully saturated rings. The monoisotopic (exact) mass is 467 g/mol. The quantitative estimate of drug-likeness (QED) is 0.353. The van der Waals surface area contributed by atoms with Crippen LogP contribution in [0.25, 0.3) is 5.82 Å². The first-order valence-corrected chi connectivity index (χ1v) is 7.94. The van der Waals surface area contributed by atoms with Gasteiger partial charge in [0, 0.05) is 50.9 Å². The Balaban J connectivity index is 0.00000243. The summed E-state index contributed by atoms with van der Waals surface area (Å²) in [5, 5.41) is 7.29. The molecular weight excluding hydrogens is 445 g/mol. The Kier molecular flexibility index (Phi) is 7.13. The number of imidazole rings is 1. The largest absolute Gasteiger partial charge is 0.364 e. The van der Waals surface area contributed by atoms with Crippen molar-refractivity contribution < 1.29 is 4.52 Å². The maximum atomic E-state index is 4.87. The minimum absolute atomic E-state index is 0. The number of aliphatic imine (C=N–C) groups is 1. The van der Waals surface area contributed by atoms with Crippen molar-refractivity contribution in [2.75, 3.05) is 14.1 Å². The van der Waals surface area contributed by atoms with E-state index in [4.69, 9.17) is 4.52 Å². The zero-order valence-electron chi connectivity index (χ0n) is 15.0. The summed E-state index contributed by atoms with van der Waals surface area (Å²) in [6.45, 7) is 3.16. The van der Waals surface area contributed by atoms with Crippen LogP contribution in [0.1, 0.15) is 17.1 Å². The number of hydrogen-bond acceptors (Lipinski definition) is 5. The van der Waals surface area contributed by atoms with Gasteiger partial charge in [0.1, 0.15) is 23.6 Å². The molecule has 0 unspecified atom stereocenters. The van der Waals surface area contributed by atoms with Gasteiger partial charge in [0.25, 0.3) is 0 Å². The third kappa shape index (κ3) is 4.59. The molecule has 8 nitrogen and oxygen atoms in total. The van der Waals surface area contributed by atoms with Crippen LogP contribution in [0.4, 0.5) is 0 Å². The fourth-order valence-corrected chi connectivity index (χ4v) is 2.58. The van der Waals surface area contributed by atoms with Gasteiger partial charge in [-0.05, 0) is 13.0 Å². The van der Waals surface area contributed by atoms with Crippen LogP contribution in [-0.4, -0.2) is 44.6 Å². The Hall–Kier alpha value is -2.43. The molecule has 0 saturated heterocycles. The van der Waals surface area contributed by atoms with Crippen LogP contribution in [0.5, 0.6) is 0 Å². The molecule has 0 spiro atoms. The predicted molar refractivity (Wildman–Crippen MR) is 110 cm³/mol. The number of halogens is 1. The molecule has 0 saturated carbocycles. The molecule has 0 aliphatic carbocycles. The smallest absolute Gasteiger partial charge is 0.194 e. The highest BCUT2D eigenvalue weighted by atomic mass is 127. The summed E-state index contributed by atoms with van der Waals surface area (Å²) in [6.07, 6.45) is 7.02. The van der Waals surface area contributed by atoms with Crippen LogP contribution >= 0.6 is 24.0 Å². The standard InChI is InChI=1S/C17H21N7O.HI/c1-13-19-8-9-24(13)16-14(5-4-7-20-16)11-21-17(18-2)23(3)12-15-6-10-25-22-15;/h4-10H,11-12H2,1-3H3,(H,18,21);1H. The van der Waals surface area contributed by atoms with Gasteiger partial charge in [-0.25, -0.2) is 9.97 Å². The van der Waals surface area contributed by atoms with Crippen molar-refractivity contribution in [2.24, 2.45) is 4.99 Å². The molecule has 0 radical (unpaired) electrons. The van der Waals surface area contributed by atoms with Crippen LogP contribution in [0.2, 0.25) is 0 Å². The normalized spacial score (nSPS) is 11.1. The third-order valence-electron chi connectivity index (χ3n) is 3.82. The Morgan fingerprint density at radius 1 is 1.31 bits per heavy atom. The van der Waals surface area contributed by atoms with Crippen molar-refractivity contribution in [3.63, 3.8) is 0 Å². The molecule has 0 aliphatic rings. The number of nitrogens with one attached hydrogen (secondary N) is 1. The molecule has 0 aromatic carbocycles. The number of guanidine groups is 1. The first-order chi connectivity index (χ1) is 12.2. The van der Waals surface area contributed by atoms with E-state index in [-0.39, 0.29) is 24.0 Å². The van der Waals surface area contributed by atoms with E-state index in [1.807, 2.05) is 47.8 Å². The molecule has 3 aromatic heterocycles. The number of rotatable bonds is 5. The molecule has 26 heavy (non-hydrogen) atoms. The van der Waals surface area contributed by atoms with Gasteiger partial charge < -0.3 is 14.7 Å². The zero-order valence-corrected chi connectivity index (χ0v) is 17.3. The third-order valence-corrected chi connectivity index (χ3v) is 3.82. The van der Waals surface area contributed by atoms with E-state index in [9.17, 15) is 0 Å². The first kappa shape index (κ1) is 19.9. The SMILES string of the molecule is CN=C(NCc1cccnc1-n1ccnc1C)N(C)Cc1ccon1.I. The van der Waals surface area contributed by atoms with Crippen LogP contribution in [-0.2, 0) is 13.1 Å². The van der Waals surface area contributed by atoms with Gasteiger partial charge in [-0.2, -0.15) is 0 Å². The molecule has 0 atom stereocenters. The maximum Gasteiger partial charge on any atom is 0.194 e. The second-order valence-electron chi connectivity index (χ2n) is 5.58. The summed E-state index contributed by atoms with van der Waals surface area (Å²) in [5.41, 5.74) is 1.90. The van der Waals surface area contributed by atoms with E-state index in [1.165, 1.54) is 0 Å².